The second kappa shape index (κ2) is 7.96. The number of rotatable bonds is 2. The van der Waals surface area contributed by atoms with Crippen molar-refractivity contribution in [3.05, 3.63) is 65.2 Å². The molecule has 2 amide bonds. The van der Waals surface area contributed by atoms with Gasteiger partial charge < -0.3 is 10.2 Å². The Morgan fingerprint density at radius 2 is 1.41 bits per heavy atom. The molecule has 0 radical (unpaired) electrons. The number of amides is 2. The molecule has 3 nitrogen and oxygen atoms in total. The fourth-order valence-corrected chi connectivity index (χ4v) is 3.36. The van der Waals surface area contributed by atoms with E-state index in [0.717, 1.165) is 24.3 Å². The maximum atomic E-state index is 12.9. The van der Waals surface area contributed by atoms with Gasteiger partial charge in [0.05, 0.1) is 11.1 Å². The Labute approximate surface area is 163 Å². The molecule has 1 saturated heterocycles. The first kappa shape index (κ1) is 21.0. The largest absolute Gasteiger partial charge is 0.416 e. The predicted molar refractivity (Wildman–Crippen MR) is 95.5 cm³/mol. The van der Waals surface area contributed by atoms with Gasteiger partial charge >= 0.3 is 18.4 Å². The second-order valence-electron chi connectivity index (χ2n) is 6.89. The summed E-state index contributed by atoms with van der Waals surface area (Å²) in [6.07, 6.45) is -7.99. The van der Waals surface area contributed by atoms with Crippen LogP contribution in [0, 0.1) is 0 Å². The van der Waals surface area contributed by atoms with Gasteiger partial charge in [-0.05, 0) is 48.6 Å². The normalized spacial score (nSPS) is 16.0. The topological polar surface area (TPSA) is 32.3 Å². The van der Waals surface area contributed by atoms with Crippen LogP contribution in [0.1, 0.15) is 35.4 Å². The highest BCUT2D eigenvalue weighted by Gasteiger charge is 2.32. The summed E-state index contributed by atoms with van der Waals surface area (Å²) in [5, 5.41) is 2.45. The van der Waals surface area contributed by atoms with E-state index in [4.69, 9.17) is 0 Å². The number of nitrogens with one attached hydrogen (secondary N) is 1. The van der Waals surface area contributed by atoms with Gasteiger partial charge in [-0.3, -0.25) is 0 Å². The zero-order valence-corrected chi connectivity index (χ0v) is 15.1. The van der Waals surface area contributed by atoms with Gasteiger partial charge in [0.1, 0.15) is 0 Å². The Balaban J connectivity index is 1.60. The lowest BCUT2D eigenvalue weighted by molar-refractivity contribution is -0.138. The van der Waals surface area contributed by atoms with E-state index in [-0.39, 0.29) is 11.6 Å². The predicted octanol–water partition coefficient (Wildman–Crippen LogP) is 6.14. The van der Waals surface area contributed by atoms with Crippen LogP contribution in [0.4, 0.5) is 36.8 Å². The molecule has 1 fully saturated rings. The molecule has 0 spiro atoms. The van der Waals surface area contributed by atoms with Crippen molar-refractivity contribution in [2.45, 2.75) is 31.1 Å². The minimum atomic E-state index is -4.51. The quantitative estimate of drug-likeness (QED) is 0.587. The van der Waals surface area contributed by atoms with Gasteiger partial charge in [0.15, 0.2) is 0 Å². The number of carbonyl (C=O) groups is 1. The number of hydrogen-bond donors (Lipinski definition) is 1. The highest BCUT2D eigenvalue weighted by atomic mass is 19.4. The molecule has 156 valence electrons. The van der Waals surface area contributed by atoms with Crippen molar-refractivity contribution in [3.8, 4) is 0 Å². The van der Waals surface area contributed by atoms with Gasteiger partial charge in [-0.25, -0.2) is 4.79 Å². The lowest BCUT2D eigenvalue weighted by Gasteiger charge is -2.32. The van der Waals surface area contributed by atoms with Crippen LogP contribution in [-0.2, 0) is 12.4 Å². The van der Waals surface area contributed by atoms with E-state index in [9.17, 15) is 31.1 Å². The minimum absolute atomic E-state index is 0.0322. The van der Waals surface area contributed by atoms with Gasteiger partial charge in [-0.15, -0.1) is 0 Å². The lowest BCUT2D eigenvalue weighted by atomic mass is 9.88. The molecule has 29 heavy (non-hydrogen) atoms. The molecule has 1 aliphatic rings. The molecule has 0 saturated carbocycles. The molecule has 9 heteroatoms. The number of urea groups is 1. The van der Waals surface area contributed by atoms with Crippen LogP contribution in [0.2, 0.25) is 0 Å². The van der Waals surface area contributed by atoms with Crippen LogP contribution < -0.4 is 5.32 Å². The molecule has 3 rings (SSSR count). The molecule has 0 aliphatic carbocycles. The monoisotopic (exact) mass is 416 g/mol. The molecule has 0 bridgehead atoms. The average molecular weight is 416 g/mol. The average Bonchev–Trinajstić information content (AvgIpc) is 2.67. The summed E-state index contributed by atoms with van der Waals surface area (Å²) in [4.78, 5) is 13.8. The number of benzene rings is 2. The summed E-state index contributed by atoms with van der Waals surface area (Å²) in [7, 11) is 0. The van der Waals surface area contributed by atoms with E-state index in [1.54, 1.807) is 6.07 Å². The van der Waals surface area contributed by atoms with Crippen molar-refractivity contribution >= 4 is 11.7 Å². The summed E-state index contributed by atoms with van der Waals surface area (Å²) < 4.78 is 77.0. The van der Waals surface area contributed by atoms with Crippen molar-refractivity contribution in [1.29, 1.82) is 0 Å². The van der Waals surface area contributed by atoms with Gasteiger partial charge in [-0.1, -0.05) is 24.3 Å². The van der Waals surface area contributed by atoms with Crippen LogP contribution in [0.15, 0.2) is 48.5 Å². The first-order valence-electron chi connectivity index (χ1n) is 8.94. The van der Waals surface area contributed by atoms with Gasteiger partial charge in [0.2, 0.25) is 0 Å². The van der Waals surface area contributed by atoms with Crippen LogP contribution in [0.3, 0.4) is 0 Å². The third kappa shape index (κ3) is 5.21. The number of alkyl halides is 6. The summed E-state index contributed by atoms with van der Waals surface area (Å²) in [5.41, 5.74) is -0.971. The maximum Gasteiger partial charge on any atom is 0.416 e. The smallest absolute Gasteiger partial charge is 0.324 e. The first-order chi connectivity index (χ1) is 13.5. The standard InChI is InChI=1S/C20H18F6N2O/c21-19(22,23)15-4-1-3-14(11-15)13-7-9-28(10-8-13)18(29)27-17-6-2-5-16(12-17)20(24,25)26/h1-6,11-13H,7-10H2,(H,27,29). The van der Waals surface area contributed by atoms with Crippen molar-refractivity contribution in [1.82, 2.24) is 4.90 Å². The first-order valence-corrected chi connectivity index (χ1v) is 8.94. The lowest BCUT2D eigenvalue weighted by Crippen LogP contribution is -2.40. The highest BCUT2D eigenvalue weighted by Crippen LogP contribution is 2.34. The van der Waals surface area contributed by atoms with E-state index >= 15 is 0 Å². The third-order valence-electron chi connectivity index (χ3n) is 4.91. The fourth-order valence-electron chi connectivity index (χ4n) is 3.36. The Morgan fingerprint density at radius 3 is 2.00 bits per heavy atom. The number of nitrogens with zero attached hydrogens (tertiary/aromatic N) is 1. The molecule has 2 aromatic carbocycles. The number of halogens is 6. The Kier molecular flexibility index (Phi) is 5.77. The number of anilines is 1. The van der Waals surface area contributed by atoms with Crippen molar-refractivity contribution in [2.75, 3.05) is 18.4 Å². The molecule has 2 aromatic rings. The van der Waals surface area contributed by atoms with E-state index < -0.39 is 29.5 Å². The van der Waals surface area contributed by atoms with Crippen LogP contribution in [0.25, 0.3) is 0 Å². The molecule has 1 aliphatic heterocycles. The van der Waals surface area contributed by atoms with E-state index in [1.807, 2.05) is 0 Å². The second-order valence-corrected chi connectivity index (χ2v) is 6.89. The summed E-state index contributed by atoms with van der Waals surface area (Å²) in [5.74, 6) is -0.116. The zero-order valence-electron chi connectivity index (χ0n) is 15.1. The van der Waals surface area contributed by atoms with Gasteiger partial charge in [0, 0.05) is 18.8 Å². The van der Waals surface area contributed by atoms with Crippen LogP contribution in [-0.4, -0.2) is 24.0 Å². The fraction of sp³-hybridized carbons (Fsp3) is 0.350. The molecule has 1 heterocycles. The maximum absolute atomic E-state index is 12.9. The molecule has 0 unspecified atom stereocenters. The van der Waals surface area contributed by atoms with Crippen molar-refractivity contribution in [2.24, 2.45) is 0 Å². The van der Waals surface area contributed by atoms with E-state index in [0.29, 0.717) is 31.5 Å². The molecular weight excluding hydrogens is 398 g/mol. The van der Waals surface area contributed by atoms with Crippen molar-refractivity contribution < 1.29 is 31.1 Å². The summed E-state index contributed by atoms with van der Waals surface area (Å²) in [6.45, 7) is 0.595. The van der Waals surface area contributed by atoms with Gasteiger partial charge in [0.25, 0.3) is 0 Å². The molecule has 1 N–H and O–H groups in total. The number of piperidine rings is 1. The SMILES string of the molecule is O=C(Nc1cccc(C(F)(F)F)c1)N1CCC(c2cccc(C(F)(F)F)c2)CC1. The summed E-state index contributed by atoms with van der Waals surface area (Å²) >= 11 is 0. The Morgan fingerprint density at radius 1 is 0.862 bits per heavy atom. The third-order valence-corrected chi connectivity index (χ3v) is 4.91. The Hall–Kier alpha value is -2.71. The van der Waals surface area contributed by atoms with Crippen molar-refractivity contribution in [3.63, 3.8) is 0 Å². The zero-order chi connectivity index (χ0) is 21.2. The highest BCUT2D eigenvalue weighted by molar-refractivity contribution is 5.89. The summed E-state index contributed by atoms with van der Waals surface area (Å²) in [6, 6.07) is 8.95. The Bertz CT molecular complexity index is 870. The van der Waals surface area contributed by atoms with E-state index in [2.05, 4.69) is 5.32 Å². The van der Waals surface area contributed by atoms with Crippen LogP contribution in [0.5, 0.6) is 0 Å². The number of carbonyl (C=O) groups excluding carboxylic acids is 1. The van der Waals surface area contributed by atoms with E-state index in [1.165, 1.54) is 23.1 Å². The minimum Gasteiger partial charge on any atom is -0.324 e. The van der Waals surface area contributed by atoms with Crippen LogP contribution >= 0.6 is 0 Å². The van der Waals surface area contributed by atoms with Gasteiger partial charge in [-0.2, -0.15) is 26.3 Å². The molecular formula is C20H18F6N2O. The molecule has 0 atom stereocenters. The molecule has 0 aromatic heterocycles. The number of hydrogen-bond acceptors (Lipinski definition) is 1. The number of likely N-dealkylation sites (tertiary alicyclic amines) is 1.